The second-order valence-corrected chi connectivity index (χ2v) is 6.79. The number of benzene rings is 1. The summed E-state index contributed by atoms with van der Waals surface area (Å²) in [6, 6.07) is 16.3. The third-order valence-corrected chi connectivity index (χ3v) is 4.80. The van der Waals surface area contributed by atoms with Crippen LogP contribution in [-0.4, -0.2) is 20.0 Å². The number of hydrogen-bond donors (Lipinski definition) is 1. The third kappa shape index (κ3) is 4.07. The molecule has 0 saturated carbocycles. The van der Waals surface area contributed by atoms with Crippen LogP contribution in [-0.2, 0) is 30.8 Å². The fraction of sp³-hybridized carbons (Fsp3) is 0.182. The molecule has 0 bridgehead atoms. The van der Waals surface area contributed by atoms with Gasteiger partial charge in [-0.25, -0.2) is 9.78 Å². The van der Waals surface area contributed by atoms with Gasteiger partial charge >= 0.3 is 5.69 Å². The number of rotatable bonds is 7. The Bertz CT molecular complexity index is 1270. The zero-order valence-corrected chi connectivity index (χ0v) is 16.2. The largest absolute Gasteiger partial charge is 0.467 e. The van der Waals surface area contributed by atoms with E-state index in [-0.39, 0.29) is 31.1 Å². The Morgan fingerprint density at radius 1 is 1.00 bits per heavy atom. The molecule has 0 fully saturated rings. The number of hydrogen-bond acceptors (Lipinski definition) is 5. The lowest BCUT2D eigenvalue weighted by molar-refractivity contribution is -0.121. The van der Waals surface area contributed by atoms with Crippen LogP contribution in [0.25, 0.3) is 11.0 Å². The number of amides is 1. The van der Waals surface area contributed by atoms with Crippen molar-refractivity contribution >= 4 is 16.9 Å². The maximum atomic E-state index is 13.1. The van der Waals surface area contributed by atoms with Gasteiger partial charge in [-0.15, -0.1) is 0 Å². The van der Waals surface area contributed by atoms with Crippen molar-refractivity contribution in [1.82, 2.24) is 19.4 Å². The zero-order chi connectivity index (χ0) is 20.9. The van der Waals surface area contributed by atoms with Crippen LogP contribution < -0.4 is 16.6 Å². The molecule has 3 aromatic heterocycles. The molecule has 1 aromatic carbocycles. The van der Waals surface area contributed by atoms with Crippen molar-refractivity contribution in [1.29, 1.82) is 0 Å². The van der Waals surface area contributed by atoms with Gasteiger partial charge in [0.1, 0.15) is 12.3 Å². The van der Waals surface area contributed by atoms with E-state index >= 15 is 0 Å². The number of aryl methyl sites for hydroxylation is 1. The molecule has 0 atom stereocenters. The van der Waals surface area contributed by atoms with Crippen LogP contribution in [0.15, 0.2) is 81.1 Å². The van der Waals surface area contributed by atoms with Gasteiger partial charge in [-0.2, -0.15) is 0 Å². The Morgan fingerprint density at radius 2 is 1.83 bits per heavy atom. The summed E-state index contributed by atoms with van der Waals surface area (Å²) in [4.78, 5) is 42.6. The maximum absolute atomic E-state index is 13.1. The molecule has 0 spiro atoms. The summed E-state index contributed by atoms with van der Waals surface area (Å²) in [6.45, 7) is 0.181. The molecule has 1 N–H and O–H groups in total. The summed E-state index contributed by atoms with van der Waals surface area (Å²) in [7, 11) is 0. The summed E-state index contributed by atoms with van der Waals surface area (Å²) in [5.74, 6) is 0.238. The van der Waals surface area contributed by atoms with Gasteiger partial charge in [-0.1, -0.05) is 30.3 Å². The molecule has 0 aliphatic carbocycles. The highest BCUT2D eigenvalue weighted by molar-refractivity contribution is 5.79. The van der Waals surface area contributed by atoms with E-state index in [0.29, 0.717) is 17.7 Å². The average molecular weight is 404 g/mol. The standard InChI is InChI=1S/C22H20N4O4/c27-19(24-14-17-8-5-13-30-17)15-26-18-9-4-11-23-20(18)21(28)25(22(26)29)12-10-16-6-2-1-3-7-16/h1-9,11,13H,10,12,14-15H2,(H,24,27). The van der Waals surface area contributed by atoms with Crippen LogP contribution in [0.3, 0.4) is 0 Å². The quantitative estimate of drug-likeness (QED) is 0.506. The normalized spacial score (nSPS) is 10.9. The van der Waals surface area contributed by atoms with Crippen molar-refractivity contribution < 1.29 is 9.21 Å². The molecule has 30 heavy (non-hydrogen) atoms. The molecule has 0 radical (unpaired) electrons. The van der Waals surface area contributed by atoms with E-state index in [0.717, 1.165) is 10.1 Å². The van der Waals surface area contributed by atoms with Gasteiger partial charge < -0.3 is 9.73 Å². The van der Waals surface area contributed by atoms with Crippen molar-refractivity contribution in [3.05, 3.63) is 99.2 Å². The minimum Gasteiger partial charge on any atom is -0.467 e. The molecular formula is C22H20N4O4. The lowest BCUT2D eigenvalue weighted by atomic mass is 10.1. The predicted octanol–water partition coefficient (Wildman–Crippen LogP) is 1.71. The van der Waals surface area contributed by atoms with E-state index in [9.17, 15) is 14.4 Å². The van der Waals surface area contributed by atoms with Crippen molar-refractivity contribution in [3.8, 4) is 0 Å². The molecule has 8 nitrogen and oxygen atoms in total. The molecule has 0 aliphatic rings. The highest BCUT2D eigenvalue weighted by Crippen LogP contribution is 2.06. The molecule has 0 unspecified atom stereocenters. The second kappa shape index (κ2) is 8.60. The first-order valence-corrected chi connectivity index (χ1v) is 9.55. The number of fused-ring (bicyclic) bond motifs is 1. The van der Waals surface area contributed by atoms with Gasteiger partial charge in [0.2, 0.25) is 5.91 Å². The number of pyridine rings is 1. The van der Waals surface area contributed by atoms with Crippen molar-refractivity contribution in [3.63, 3.8) is 0 Å². The van der Waals surface area contributed by atoms with Gasteiger partial charge in [-0.05, 0) is 36.2 Å². The lowest BCUT2D eigenvalue weighted by Crippen LogP contribution is -2.43. The summed E-state index contributed by atoms with van der Waals surface area (Å²) in [5, 5.41) is 2.72. The smallest absolute Gasteiger partial charge is 0.332 e. The van der Waals surface area contributed by atoms with Crippen LogP contribution in [0.5, 0.6) is 0 Å². The fourth-order valence-corrected chi connectivity index (χ4v) is 3.28. The Kier molecular flexibility index (Phi) is 5.56. The molecule has 8 heteroatoms. The molecule has 1 amide bonds. The Balaban J connectivity index is 1.65. The van der Waals surface area contributed by atoms with Gasteiger partial charge in [0.15, 0.2) is 5.52 Å². The van der Waals surface area contributed by atoms with Gasteiger partial charge in [0.05, 0.1) is 18.3 Å². The first-order valence-electron chi connectivity index (χ1n) is 9.55. The molecule has 0 saturated heterocycles. The second-order valence-electron chi connectivity index (χ2n) is 6.79. The molecule has 152 valence electrons. The van der Waals surface area contributed by atoms with Gasteiger partial charge in [0.25, 0.3) is 5.56 Å². The van der Waals surface area contributed by atoms with Crippen LogP contribution in [0, 0.1) is 0 Å². The van der Waals surface area contributed by atoms with Crippen molar-refractivity contribution in [2.45, 2.75) is 26.1 Å². The fourth-order valence-electron chi connectivity index (χ4n) is 3.28. The number of carbonyl (C=O) groups is 1. The lowest BCUT2D eigenvalue weighted by Gasteiger charge is -2.13. The molecule has 4 aromatic rings. The van der Waals surface area contributed by atoms with Crippen LogP contribution in [0.2, 0.25) is 0 Å². The highest BCUT2D eigenvalue weighted by Gasteiger charge is 2.16. The number of nitrogens with zero attached hydrogens (tertiary/aromatic N) is 3. The number of aromatic nitrogens is 3. The van der Waals surface area contributed by atoms with E-state index in [4.69, 9.17) is 4.42 Å². The first-order chi connectivity index (χ1) is 14.6. The minimum atomic E-state index is -0.537. The molecular weight excluding hydrogens is 384 g/mol. The Labute approximate surface area is 171 Å². The summed E-state index contributed by atoms with van der Waals surface area (Å²) >= 11 is 0. The molecule has 3 heterocycles. The number of furan rings is 1. The van der Waals surface area contributed by atoms with Crippen molar-refractivity contribution in [2.24, 2.45) is 0 Å². The van der Waals surface area contributed by atoms with E-state index in [2.05, 4.69) is 10.3 Å². The Hall–Kier alpha value is -3.94. The monoisotopic (exact) mass is 404 g/mol. The van der Waals surface area contributed by atoms with Crippen LogP contribution in [0.4, 0.5) is 0 Å². The average Bonchev–Trinajstić information content (AvgIpc) is 3.30. The topological polar surface area (TPSA) is 99.1 Å². The SMILES string of the molecule is O=C(Cn1c(=O)n(CCc2ccccc2)c(=O)c2ncccc21)NCc1ccco1. The van der Waals surface area contributed by atoms with Crippen LogP contribution >= 0.6 is 0 Å². The Morgan fingerprint density at radius 3 is 2.60 bits per heavy atom. The van der Waals surface area contributed by atoms with Gasteiger partial charge in [-0.3, -0.25) is 18.7 Å². The number of carbonyl (C=O) groups excluding carboxylic acids is 1. The highest BCUT2D eigenvalue weighted by atomic mass is 16.3. The van der Waals surface area contributed by atoms with E-state index in [1.807, 2.05) is 30.3 Å². The molecule has 4 rings (SSSR count). The molecule has 0 aliphatic heterocycles. The third-order valence-electron chi connectivity index (χ3n) is 4.80. The summed E-state index contributed by atoms with van der Waals surface area (Å²) in [6.07, 6.45) is 3.53. The minimum absolute atomic E-state index is 0.156. The van der Waals surface area contributed by atoms with Crippen molar-refractivity contribution in [2.75, 3.05) is 0 Å². The summed E-state index contributed by atoms with van der Waals surface area (Å²) < 4.78 is 7.62. The van der Waals surface area contributed by atoms with Crippen LogP contribution in [0.1, 0.15) is 11.3 Å². The van der Waals surface area contributed by atoms with Gasteiger partial charge in [0, 0.05) is 12.7 Å². The predicted molar refractivity (Wildman–Crippen MR) is 111 cm³/mol. The van der Waals surface area contributed by atoms with E-state index in [1.54, 1.807) is 24.3 Å². The zero-order valence-electron chi connectivity index (χ0n) is 16.2. The summed E-state index contributed by atoms with van der Waals surface area (Å²) in [5.41, 5.74) is 0.497. The van der Waals surface area contributed by atoms with E-state index in [1.165, 1.54) is 17.0 Å². The van der Waals surface area contributed by atoms with E-state index < -0.39 is 11.2 Å². The number of nitrogens with one attached hydrogen (secondary N) is 1. The maximum Gasteiger partial charge on any atom is 0.332 e. The first kappa shape index (κ1) is 19.4.